The zero-order chi connectivity index (χ0) is 22.2. The molecule has 3 aromatic rings. The van der Waals surface area contributed by atoms with Gasteiger partial charge in [-0.1, -0.05) is 48.0 Å². The second-order valence-electron chi connectivity index (χ2n) is 7.45. The molecule has 0 spiro atoms. The summed E-state index contributed by atoms with van der Waals surface area (Å²) in [6, 6.07) is 19.7. The smallest absolute Gasteiger partial charge is 0.265 e. The first-order chi connectivity index (χ1) is 14.7. The molecule has 1 amide bonds. The molecule has 160 valence electrons. The lowest BCUT2D eigenvalue weighted by Crippen LogP contribution is -2.39. The van der Waals surface area contributed by atoms with Gasteiger partial charge >= 0.3 is 0 Å². The van der Waals surface area contributed by atoms with Gasteiger partial charge in [0, 0.05) is 11.7 Å². The van der Waals surface area contributed by atoms with Crippen molar-refractivity contribution in [1.29, 1.82) is 0 Å². The third kappa shape index (κ3) is 4.44. The molecule has 0 fully saturated rings. The van der Waals surface area contributed by atoms with Crippen LogP contribution in [0.1, 0.15) is 12.5 Å². The van der Waals surface area contributed by atoms with E-state index in [0.29, 0.717) is 22.9 Å². The number of benzene rings is 3. The summed E-state index contributed by atoms with van der Waals surface area (Å²) in [6.07, 6.45) is 0.539. The highest BCUT2D eigenvalue weighted by Crippen LogP contribution is 2.34. The van der Waals surface area contributed by atoms with Crippen molar-refractivity contribution in [3.63, 3.8) is 0 Å². The lowest BCUT2D eigenvalue weighted by Gasteiger charge is -2.23. The van der Waals surface area contributed by atoms with Crippen LogP contribution in [-0.2, 0) is 21.2 Å². The highest BCUT2D eigenvalue weighted by Gasteiger charge is 2.32. The molecule has 1 aliphatic rings. The zero-order valence-corrected chi connectivity index (χ0v) is 18.4. The summed E-state index contributed by atoms with van der Waals surface area (Å²) in [4.78, 5) is 14.5. The molecule has 1 atom stereocenters. The van der Waals surface area contributed by atoms with Crippen LogP contribution in [0.2, 0.25) is 5.02 Å². The van der Waals surface area contributed by atoms with Gasteiger partial charge in [0.1, 0.15) is 5.75 Å². The summed E-state index contributed by atoms with van der Waals surface area (Å²) in [5.74, 6) is 0.184. The van der Waals surface area contributed by atoms with Crippen molar-refractivity contribution in [3.8, 4) is 16.9 Å². The maximum absolute atomic E-state index is 12.9. The first-order valence-electron chi connectivity index (χ1n) is 9.69. The first-order valence-corrected chi connectivity index (χ1v) is 11.6. The Hall–Kier alpha value is -2.87. The minimum absolute atomic E-state index is 0.0364. The molecule has 0 saturated heterocycles. The molecule has 0 aromatic heterocycles. The molecule has 4 rings (SSSR count). The van der Waals surface area contributed by atoms with E-state index in [0.717, 1.165) is 16.7 Å². The molecular weight excluding hydrogens is 436 g/mol. The van der Waals surface area contributed by atoms with Crippen LogP contribution in [0.5, 0.6) is 5.75 Å². The van der Waals surface area contributed by atoms with Crippen molar-refractivity contribution in [2.24, 2.45) is 5.14 Å². The van der Waals surface area contributed by atoms with Gasteiger partial charge < -0.3 is 9.64 Å². The predicted octanol–water partition coefficient (Wildman–Crippen LogP) is 4.01. The Bertz CT molecular complexity index is 1250. The van der Waals surface area contributed by atoms with Gasteiger partial charge in [-0.15, -0.1) is 0 Å². The van der Waals surface area contributed by atoms with E-state index in [1.54, 1.807) is 23.1 Å². The number of hydrogen-bond acceptors (Lipinski definition) is 4. The predicted molar refractivity (Wildman–Crippen MR) is 121 cm³/mol. The number of nitrogens with two attached hydrogens (primary N) is 1. The molecule has 2 N–H and O–H groups in total. The number of rotatable bonds is 5. The lowest BCUT2D eigenvalue weighted by atomic mass is 10.1. The summed E-state index contributed by atoms with van der Waals surface area (Å²) in [6.45, 7) is 1.71. The molecule has 8 heteroatoms. The molecule has 0 bridgehead atoms. The number of hydrogen-bond donors (Lipinski definition) is 1. The highest BCUT2D eigenvalue weighted by molar-refractivity contribution is 7.89. The van der Waals surface area contributed by atoms with Crippen LogP contribution >= 0.6 is 11.6 Å². The number of ether oxygens (including phenoxy) is 1. The largest absolute Gasteiger partial charge is 0.482 e. The van der Waals surface area contributed by atoms with Crippen molar-refractivity contribution in [3.05, 3.63) is 77.3 Å². The van der Waals surface area contributed by atoms with Gasteiger partial charge in [-0.25, -0.2) is 13.6 Å². The fraction of sp³-hybridized carbons (Fsp3) is 0.174. The van der Waals surface area contributed by atoms with Crippen LogP contribution in [0.3, 0.4) is 0 Å². The second-order valence-corrected chi connectivity index (χ2v) is 9.42. The number of anilines is 1. The average Bonchev–Trinajstić information content (AvgIpc) is 3.07. The number of halogens is 1. The average molecular weight is 457 g/mol. The second kappa shape index (κ2) is 8.34. The Balaban J connectivity index is 1.49. The lowest BCUT2D eigenvalue weighted by molar-refractivity contribution is -0.120. The van der Waals surface area contributed by atoms with Crippen molar-refractivity contribution >= 4 is 33.2 Å². The van der Waals surface area contributed by atoms with Crippen LogP contribution in [0.25, 0.3) is 11.1 Å². The van der Waals surface area contributed by atoms with Crippen LogP contribution in [-0.4, -0.2) is 27.0 Å². The molecule has 6 nitrogen and oxygen atoms in total. The SMILES string of the molecule is CC1Cc2cc(S(N)(=O)=O)ccc2N1C(=O)COc1ccc(-c2ccccc2)cc1Cl. The molecule has 0 radical (unpaired) electrons. The fourth-order valence-electron chi connectivity index (χ4n) is 3.80. The number of fused-ring (bicyclic) bond motifs is 1. The Morgan fingerprint density at radius 3 is 2.52 bits per heavy atom. The number of nitrogens with zero attached hydrogens (tertiary/aromatic N) is 1. The maximum atomic E-state index is 12.9. The topological polar surface area (TPSA) is 89.7 Å². The summed E-state index contributed by atoms with van der Waals surface area (Å²) < 4.78 is 28.9. The number of amides is 1. The molecule has 1 heterocycles. The molecule has 1 unspecified atom stereocenters. The maximum Gasteiger partial charge on any atom is 0.265 e. The Labute approximate surface area is 186 Å². The van der Waals surface area contributed by atoms with Crippen LogP contribution in [0.15, 0.2) is 71.6 Å². The summed E-state index contributed by atoms with van der Waals surface area (Å²) in [5, 5.41) is 5.63. The minimum Gasteiger partial charge on any atom is -0.482 e. The Morgan fingerprint density at radius 2 is 1.84 bits per heavy atom. The van der Waals surface area contributed by atoms with Crippen LogP contribution in [0.4, 0.5) is 5.69 Å². The van der Waals surface area contributed by atoms with Gasteiger partial charge in [0.05, 0.1) is 9.92 Å². The number of primary sulfonamides is 1. The minimum atomic E-state index is -3.80. The van der Waals surface area contributed by atoms with Gasteiger partial charge in [0.15, 0.2) is 6.61 Å². The number of sulfonamides is 1. The summed E-state index contributed by atoms with van der Waals surface area (Å²) in [5.41, 5.74) is 3.42. The van der Waals surface area contributed by atoms with Crippen molar-refractivity contribution in [1.82, 2.24) is 0 Å². The van der Waals surface area contributed by atoms with Crippen molar-refractivity contribution < 1.29 is 17.9 Å². The number of carbonyl (C=O) groups is 1. The van der Waals surface area contributed by atoms with E-state index in [9.17, 15) is 13.2 Å². The van der Waals surface area contributed by atoms with Gasteiger partial charge in [0.2, 0.25) is 10.0 Å². The number of carbonyl (C=O) groups excluding carboxylic acids is 1. The van der Waals surface area contributed by atoms with Gasteiger partial charge in [-0.05, 0) is 60.4 Å². The van der Waals surface area contributed by atoms with Crippen LogP contribution in [0, 0.1) is 0 Å². The quantitative estimate of drug-likeness (QED) is 0.628. The summed E-state index contributed by atoms with van der Waals surface area (Å²) in [7, 11) is -3.80. The van der Waals surface area contributed by atoms with E-state index in [2.05, 4.69) is 0 Å². The van der Waals surface area contributed by atoms with Crippen molar-refractivity contribution in [2.45, 2.75) is 24.3 Å². The summed E-state index contributed by atoms with van der Waals surface area (Å²) >= 11 is 6.37. The van der Waals surface area contributed by atoms with E-state index in [4.69, 9.17) is 21.5 Å². The standard InChI is InChI=1S/C23H21ClN2O4S/c1-15-11-18-12-19(31(25,28)29)8-9-21(18)26(15)23(27)14-30-22-10-7-17(13-20(22)24)16-5-3-2-4-6-16/h2-10,12-13,15H,11,14H2,1H3,(H2,25,28,29). The normalized spacial score (nSPS) is 15.6. The van der Waals surface area contributed by atoms with Gasteiger partial charge in [-0.3, -0.25) is 4.79 Å². The fourth-order valence-corrected chi connectivity index (χ4v) is 4.60. The molecular formula is C23H21ClN2O4S. The van der Waals surface area contributed by atoms with Crippen molar-refractivity contribution in [2.75, 3.05) is 11.5 Å². The van der Waals surface area contributed by atoms with E-state index in [1.165, 1.54) is 12.1 Å². The van der Waals surface area contributed by atoms with Crippen LogP contribution < -0.4 is 14.8 Å². The molecule has 3 aromatic carbocycles. The Morgan fingerprint density at radius 1 is 1.10 bits per heavy atom. The van der Waals surface area contributed by atoms with E-state index in [1.807, 2.05) is 43.3 Å². The van der Waals surface area contributed by atoms with E-state index < -0.39 is 10.0 Å². The van der Waals surface area contributed by atoms with Gasteiger partial charge in [-0.2, -0.15) is 0 Å². The molecule has 0 aliphatic carbocycles. The van der Waals surface area contributed by atoms with E-state index >= 15 is 0 Å². The van der Waals surface area contributed by atoms with Gasteiger partial charge in [0.25, 0.3) is 5.91 Å². The zero-order valence-electron chi connectivity index (χ0n) is 16.8. The first kappa shape index (κ1) is 21.4. The third-order valence-electron chi connectivity index (χ3n) is 5.25. The third-order valence-corrected chi connectivity index (χ3v) is 6.46. The molecule has 1 aliphatic heterocycles. The highest BCUT2D eigenvalue weighted by atomic mass is 35.5. The Kier molecular flexibility index (Phi) is 5.75. The molecule has 31 heavy (non-hydrogen) atoms. The molecule has 0 saturated carbocycles. The monoisotopic (exact) mass is 456 g/mol. The van der Waals surface area contributed by atoms with E-state index in [-0.39, 0.29) is 23.5 Å².